The van der Waals surface area contributed by atoms with E-state index in [2.05, 4.69) is 25.0 Å². The molecule has 0 radical (unpaired) electrons. The summed E-state index contributed by atoms with van der Waals surface area (Å²) in [5.74, 6) is -1.02. The third-order valence-electron chi connectivity index (χ3n) is 12.0. The molecule has 0 atom stereocenters. The average molecular weight is 859 g/mol. The molecule has 7 rings (SSSR count). The first-order valence-electron chi connectivity index (χ1n) is 20.4. The van der Waals surface area contributed by atoms with Gasteiger partial charge in [-0.3, -0.25) is 28.9 Å². The summed E-state index contributed by atoms with van der Waals surface area (Å²) in [6, 6.07) is 12.9. The largest absolute Gasteiger partial charge is 0.453 e. The number of fused-ring (bicyclic) bond motifs is 2. The first-order valence-corrected chi connectivity index (χ1v) is 21.2. The van der Waals surface area contributed by atoms with Crippen LogP contribution >= 0.6 is 12.1 Å². The molecule has 18 heteroatoms. The van der Waals surface area contributed by atoms with E-state index >= 15 is 13.2 Å². The van der Waals surface area contributed by atoms with E-state index in [1.165, 1.54) is 53.4 Å². The van der Waals surface area contributed by atoms with E-state index in [9.17, 15) is 19.6 Å². The lowest BCUT2D eigenvalue weighted by Crippen LogP contribution is -2.49. The van der Waals surface area contributed by atoms with Crippen LogP contribution in [0.1, 0.15) is 68.9 Å². The van der Waals surface area contributed by atoms with Gasteiger partial charge < -0.3 is 19.3 Å². The van der Waals surface area contributed by atoms with E-state index in [1.807, 2.05) is 30.4 Å². The quantitative estimate of drug-likeness (QED) is 0.0843. The molecule has 322 valence electrons. The number of nitriles is 1. The van der Waals surface area contributed by atoms with Gasteiger partial charge in [-0.25, -0.2) is 22.5 Å². The fourth-order valence-electron chi connectivity index (χ4n) is 8.36. The van der Waals surface area contributed by atoms with Crippen LogP contribution in [0.3, 0.4) is 0 Å². The van der Waals surface area contributed by atoms with Gasteiger partial charge in [-0.05, 0) is 99.5 Å². The molecule has 2 fully saturated rings. The molecule has 0 bridgehead atoms. The lowest BCUT2D eigenvalue weighted by Gasteiger charge is -2.43. The number of anilines is 2. The number of imide groups is 1. The maximum atomic E-state index is 16.5. The number of amides is 2. The summed E-state index contributed by atoms with van der Waals surface area (Å²) in [4.78, 5) is 44.6. The number of piperidine rings is 1. The number of carbonyl (C=O) groups excluding carboxylic acids is 2. The van der Waals surface area contributed by atoms with Gasteiger partial charge in [0.05, 0.1) is 35.0 Å². The number of ether oxygens (including phenoxy) is 1. The van der Waals surface area contributed by atoms with Crippen molar-refractivity contribution in [1.29, 1.82) is 5.26 Å². The molecule has 0 unspecified atom stereocenters. The lowest BCUT2D eigenvalue weighted by atomic mass is 9.80. The Balaban J connectivity index is 0.967. The van der Waals surface area contributed by atoms with Crippen LogP contribution in [0.5, 0.6) is 11.5 Å². The van der Waals surface area contributed by atoms with Gasteiger partial charge in [-0.2, -0.15) is 10.4 Å². The molecule has 1 aliphatic carbocycles. The molecular weight excluding hydrogens is 810 g/mol. The Bertz CT molecular complexity index is 2530. The van der Waals surface area contributed by atoms with Crippen LogP contribution in [-0.4, -0.2) is 92.8 Å². The second-order valence-electron chi connectivity index (χ2n) is 15.9. The Labute approximate surface area is 355 Å². The Morgan fingerprint density at radius 1 is 1.08 bits per heavy atom. The topological polar surface area (TPSA) is 154 Å². The number of rotatable bonds is 15. The zero-order chi connectivity index (χ0) is 43.4. The van der Waals surface area contributed by atoms with Crippen molar-refractivity contribution in [2.45, 2.75) is 76.0 Å². The van der Waals surface area contributed by atoms with Crippen molar-refractivity contribution in [2.75, 3.05) is 49.9 Å². The molecule has 1 aliphatic heterocycles. The van der Waals surface area contributed by atoms with Gasteiger partial charge in [0.25, 0.3) is 5.56 Å². The Morgan fingerprint density at radius 2 is 1.84 bits per heavy atom. The van der Waals surface area contributed by atoms with Gasteiger partial charge in [-0.1, -0.05) is 6.92 Å². The van der Waals surface area contributed by atoms with Crippen molar-refractivity contribution < 1.29 is 27.5 Å². The number of halogens is 3. The second-order valence-corrected chi connectivity index (χ2v) is 16.9. The SMILES string of the molecule is CCN(C)SNc1ccc(F)c(Oc2ccc3ncn(CC4(F)CCN(C5CCC(c6cc7c(cc6F)c(N(C)CCC(=O)NC=O)nn7C)CC5)CC4)c(=O)c3c2)c1C#N. The van der Waals surface area contributed by atoms with Gasteiger partial charge >= 0.3 is 0 Å². The van der Waals surface area contributed by atoms with E-state index in [0.717, 1.165) is 37.7 Å². The molecule has 14 nitrogen and oxygen atoms in total. The van der Waals surface area contributed by atoms with Gasteiger partial charge in [0, 0.05) is 70.3 Å². The number of likely N-dealkylation sites (tertiary alicyclic amines) is 1. The number of hydrogen-bond acceptors (Lipinski definition) is 12. The predicted molar refractivity (Wildman–Crippen MR) is 229 cm³/mol. The third kappa shape index (κ3) is 9.48. The van der Waals surface area contributed by atoms with Crippen LogP contribution < -0.4 is 25.2 Å². The molecule has 2 amide bonds. The van der Waals surface area contributed by atoms with Crippen molar-refractivity contribution in [3.63, 3.8) is 0 Å². The van der Waals surface area contributed by atoms with Crippen molar-refractivity contribution in [3.8, 4) is 17.6 Å². The highest BCUT2D eigenvalue weighted by atomic mass is 32.2. The first kappa shape index (κ1) is 43.4. The van der Waals surface area contributed by atoms with Gasteiger partial charge in [0.1, 0.15) is 28.9 Å². The van der Waals surface area contributed by atoms with Crippen molar-refractivity contribution >= 4 is 57.8 Å². The Morgan fingerprint density at radius 3 is 2.54 bits per heavy atom. The molecule has 3 aromatic carbocycles. The maximum Gasteiger partial charge on any atom is 0.261 e. The minimum atomic E-state index is -1.64. The summed E-state index contributed by atoms with van der Waals surface area (Å²) in [7, 11) is 5.44. The van der Waals surface area contributed by atoms with Crippen LogP contribution in [-0.2, 0) is 23.2 Å². The number of carbonyl (C=O) groups is 2. The Kier molecular flexibility index (Phi) is 13.2. The average Bonchev–Trinajstić information content (AvgIpc) is 3.58. The van der Waals surface area contributed by atoms with E-state index in [1.54, 1.807) is 29.7 Å². The molecule has 5 aromatic rings. The number of nitrogens with one attached hydrogen (secondary N) is 2. The van der Waals surface area contributed by atoms with Crippen molar-refractivity contribution in [2.24, 2.45) is 7.05 Å². The molecule has 2 aromatic heterocycles. The number of nitrogens with zero attached hydrogens (tertiary/aromatic N) is 8. The molecule has 2 N–H and O–H groups in total. The van der Waals surface area contributed by atoms with E-state index < -0.39 is 23.0 Å². The van der Waals surface area contributed by atoms with Gasteiger partial charge in [0.2, 0.25) is 12.3 Å². The normalized spacial score (nSPS) is 18.0. The number of benzene rings is 3. The number of alkyl halides is 1. The van der Waals surface area contributed by atoms with Crippen LogP contribution in [0.15, 0.2) is 53.6 Å². The van der Waals surface area contributed by atoms with Crippen LogP contribution in [0.4, 0.5) is 24.7 Å². The van der Waals surface area contributed by atoms with Crippen molar-refractivity contribution in [3.05, 3.63) is 81.9 Å². The lowest BCUT2D eigenvalue weighted by molar-refractivity contribution is -0.125. The highest BCUT2D eigenvalue weighted by Crippen LogP contribution is 2.41. The minimum Gasteiger partial charge on any atom is -0.453 e. The minimum absolute atomic E-state index is 0.0264. The summed E-state index contributed by atoms with van der Waals surface area (Å²) in [5, 5.41) is 17.4. The summed E-state index contributed by atoms with van der Waals surface area (Å²) in [5.41, 5.74) is 0.0538. The molecule has 2 aliphatic rings. The summed E-state index contributed by atoms with van der Waals surface area (Å²) in [6.07, 6.45) is 5.52. The number of hydrogen-bond donors (Lipinski definition) is 2. The molecule has 3 heterocycles. The van der Waals surface area contributed by atoms with Crippen LogP contribution in [0.25, 0.3) is 21.8 Å². The molecule has 1 saturated heterocycles. The van der Waals surface area contributed by atoms with Gasteiger partial charge in [0.15, 0.2) is 17.4 Å². The monoisotopic (exact) mass is 858 g/mol. The summed E-state index contributed by atoms with van der Waals surface area (Å²) in [6.45, 7) is 3.87. The standard InChI is InChI=1S/C43H49F3N10O4S/c1-5-53(3)61-51-37-13-11-34(44)40(33(37)23-47)60-29-10-12-36-31(20-29)42(59)56(25-48-36)24-43(46)15-18-55(19-16-43)28-8-6-27(7-9-28)30-22-38-32(21-35(30)45)41(50-54(38)4)52(2)17-14-39(58)49-26-57/h10-13,20-22,25-28,51H,5-9,14-19,24H2,1-4H3,(H,49,57,58). The Hall–Kier alpha value is -5.64. The molecule has 0 spiro atoms. The zero-order valence-corrected chi connectivity index (χ0v) is 35.4. The van der Waals surface area contributed by atoms with Crippen LogP contribution in [0, 0.1) is 23.0 Å². The summed E-state index contributed by atoms with van der Waals surface area (Å²) >= 11 is 1.25. The molecule has 1 saturated carbocycles. The van der Waals surface area contributed by atoms with E-state index in [0.29, 0.717) is 54.0 Å². The highest BCUT2D eigenvalue weighted by Gasteiger charge is 2.38. The number of aromatic nitrogens is 4. The van der Waals surface area contributed by atoms with Crippen molar-refractivity contribution in [1.82, 2.24) is 33.9 Å². The number of aryl methyl sites for hydroxylation is 1. The third-order valence-corrected chi connectivity index (χ3v) is 12.9. The zero-order valence-electron chi connectivity index (χ0n) is 34.6. The van der Waals surface area contributed by atoms with E-state index in [-0.39, 0.29) is 66.0 Å². The fraction of sp³-hybridized carbons (Fsp3) is 0.442. The fourth-order valence-corrected chi connectivity index (χ4v) is 8.92. The van der Waals surface area contributed by atoms with Crippen LogP contribution in [0.2, 0.25) is 0 Å². The second kappa shape index (κ2) is 18.5. The van der Waals surface area contributed by atoms with E-state index in [4.69, 9.17) is 4.74 Å². The van der Waals surface area contributed by atoms with Gasteiger partial charge in [-0.15, -0.1) is 0 Å². The predicted octanol–water partition coefficient (Wildman–Crippen LogP) is 6.78. The maximum absolute atomic E-state index is 16.5. The molecular formula is C43H49F3N10O4S. The smallest absolute Gasteiger partial charge is 0.261 e. The summed E-state index contributed by atoms with van der Waals surface area (Å²) < 4.78 is 61.1. The first-order chi connectivity index (χ1) is 29.3. The highest BCUT2D eigenvalue weighted by molar-refractivity contribution is 7.98. The molecule has 61 heavy (non-hydrogen) atoms.